The Morgan fingerprint density at radius 3 is 2.75 bits per heavy atom. The van der Waals surface area contributed by atoms with Crippen molar-refractivity contribution in [1.29, 1.82) is 0 Å². The second-order valence-electron chi connectivity index (χ2n) is 2.28. The monoisotopic (exact) mass is 129 g/mol. The molecule has 1 saturated carbocycles. The van der Waals surface area contributed by atoms with Crippen LogP contribution in [0, 0.1) is 11.7 Å². The summed E-state index contributed by atoms with van der Waals surface area (Å²) in [6.45, 7) is 2.21. The molecule has 0 N–H and O–H groups in total. The summed E-state index contributed by atoms with van der Waals surface area (Å²) in [5, 5.41) is 0. The van der Waals surface area contributed by atoms with E-state index in [0.29, 0.717) is 0 Å². The molecule has 8 heavy (non-hydrogen) atoms. The predicted molar refractivity (Wildman–Crippen MR) is 39.8 cm³/mol. The fraction of sp³-hybridized carbons (Fsp3) is 0.857. The van der Waals surface area contributed by atoms with Gasteiger partial charge in [0.1, 0.15) is 0 Å². The minimum absolute atomic E-state index is 0.972. The van der Waals surface area contributed by atoms with Crippen molar-refractivity contribution in [2.24, 2.45) is 5.92 Å². The molecule has 0 bridgehead atoms. The molecule has 0 aromatic carbocycles. The van der Waals surface area contributed by atoms with Gasteiger partial charge in [-0.05, 0) is 24.5 Å². The summed E-state index contributed by atoms with van der Waals surface area (Å²) in [5.41, 5.74) is 0. The van der Waals surface area contributed by atoms with Gasteiger partial charge in [0.05, 0.1) is 0 Å². The molecule has 0 nitrogen and oxygen atoms in total. The van der Waals surface area contributed by atoms with Gasteiger partial charge >= 0.3 is 0 Å². The third-order valence-electron chi connectivity index (χ3n) is 1.61. The first kappa shape index (κ1) is 6.47. The smallest absolute Gasteiger partial charge is 0.0197 e. The topological polar surface area (TPSA) is 0 Å². The minimum Gasteiger partial charge on any atom is -0.157 e. The van der Waals surface area contributed by atoms with Crippen molar-refractivity contribution >= 4 is 11.8 Å². The lowest BCUT2D eigenvalue weighted by Crippen LogP contribution is -2.09. The molecule has 0 aromatic heterocycles. The average Bonchev–Trinajstić information content (AvgIpc) is 1.63. The summed E-state index contributed by atoms with van der Waals surface area (Å²) >= 11 is 1.97. The summed E-state index contributed by atoms with van der Waals surface area (Å²) < 4.78 is 0. The van der Waals surface area contributed by atoms with Crippen molar-refractivity contribution in [1.82, 2.24) is 0 Å². The molecular weight excluding hydrogens is 116 g/mol. The normalized spacial score (nSPS) is 20.6. The summed E-state index contributed by atoms with van der Waals surface area (Å²) in [6.07, 6.45) is 4.37. The zero-order valence-electron chi connectivity index (χ0n) is 5.39. The van der Waals surface area contributed by atoms with Crippen LogP contribution in [0.5, 0.6) is 0 Å². The zero-order valence-corrected chi connectivity index (χ0v) is 6.21. The van der Waals surface area contributed by atoms with Gasteiger partial charge in [-0.1, -0.05) is 13.3 Å². The van der Waals surface area contributed by atoms with Gasteiger partial charge in [-0.3, -0.25) is 0 Å². The molecule has 0 amide bonds. The number of hydrogen-bond donors (Lipinski definition) is 0. The van der Waals surface area contributed by atoms with Crippen LogP contribution in [0.4, 0.5) is 0 Å². The third-order valence-corrected chi connectivity index (χ3v) is 2.52. The molecule has 0 unspecified atom stereocenters. The van der Waals surface area contributed by atoms with Crippen LogP contribution < -0.4 is 0 Å². The zero-order chi connectivity index (χ0) is 5.82. The Balaban J connectivity index is 1.86. The molecule has 0 spiro atoms. The molecule has 0 aliphatic heterocycles. The van der Waals surface area contributed by atoms with Crippen molar-refractivity contribution < 1.29 is 0 Å². The van der Waals surface area contributed by atoms with E-state index in [9.17, 15) is 0 Å². The molecule has 0 aromatic rings. The van der Waals surface area contributed by atoms with E-state index in [1.165, 1.54) is 25.0 Å². The lowest BCUT2D eigenvalue weighted by Gasteiger charge is -2.23. The predicted octanol–water partition coefficient (Wildman–Crippen LogP) is 2.70. The van der Waals surface area contributed by atoms with E-state index in [0.717, 1.165) is 5.92 Å². The Morgan fingerprint density at radius 2 is 2.38 bits per heavy atom. The molecule has 47 valence electrons. The lowest BCUT2D eigenvalue weighted by molar-refractivity contribution is 0.378. The Kier molecular flexibility index (Phi) is 2.74. The summed E-state index contributed by atoms with van der Waals surface area (Å²) in [5.74, 6) is 4.62. The Morgan fingerprint density at radius 1 is 1.62 bits per heavy atom. The van der Waals surface area contributed by atoms with Gasteiger partial charge in [-0.25, -0.2) is 0 Å². The van der Waals surface area contributed by atoms with Crippen LogP contribution in [0.25, 0.3) is 0 Å². The fourth-order valence-corrected chi connectivity index (χ4v) is 1.54. The first-order chi connectivity index (χ1) is 3.93. The Hall–Kier alpha value is 0.350. The van der Waals surface area contributed by atoms with Crippen LogP contribution in [0.1, 0.15) is 26.2 Å². The highest BCUT2D eigenvalue weighted by Crippen LogP contribution is 2.32. The number of rotatable bonds is 3. The summed E-state index contributed by atoms with van der Waals surface area (Å²) in [4.78, 5) is 0. The molecule has 0 atom stereocenters. The van der Waals surface area contributed by atoms with E-state index in [1.807, 2.05) is 11.8 Å². The SMILES string of the molecule is CCS[CH]C1CCC1. The maximum Gasteiger partial charge on any atom is 0.0197 e. The first-order valence-corrected chi connectivity index (χ1v) is 4.43. The molecular formula is C7H13S. The standard InChI is InChI=1S/C7H13S/c1-2-8-6-7-4-3-5-7/h6-7H,2-5H2,1H3. The van der Waals surface area contributed by atoms with E-state index >= 15 is 0 Å². The van der Waals surface area contributed by atoms with Gasteiger partial charge in [0, 0.05) is 5.75 Å². The van der Waals surface area contributed by atoms with Crippen LogP contribution in [0.3, 0.4) is 0 Å². The van der Waals surface area contributed by atoms with Crippen molar-refractivity contribution in [3.8, 4) is 0 Å². The first-order valence-electron chi connectivity index (χ1n) is 3.38. The van der Waals surface area contributed by atoms with E-state index in [1.54, 1.807) is 0 Å². The molecule has 1 fully saturated rings. The van der Waals surface area contributed by atoms with Gasteiger partial charge in [-0.15, -0.1) is 0 Å². The van der Waals surface area contributed by atoms with Crippen molar-refractivity contribution in [3.05, 3.63) is 5.75 Å². The van der Waals surface area contributed by atoms with E-state index in [-0.39, 0.29) is 0 Å². The molecule has 1 rings (SSSR count). The molecule has 0 heterocycles. The van der Waals surface area contributed by atoms with E-state index in [4.69, 9.17) is 0 Å². The highest BCUT2D eigenvalue weighted by molar-refractivity contribution is 8.01. The highest BCUT2D eigenvalue weighted by atomic mass is 32.2. The van der Waals surface area contributed by atoms with Crippen LogP contribution in [0.2, 0.25) is 0 Å². The lowest BCUT2D eigenvalue weighted by atomic mass is 9.87. The maximum absolute atomic E-state index is 2.41. The molecule has 1 aliphatic rings. The third kappa shape index (κ3) is 1.70. The number of thioether (sulfide) groups is 1. The Bertz CT molecular complexity index is 57.4. The largest absolute Gasteiger partial charge is 0.157 e. The van der Waals surface area contributed by atoms with Gasteiger partial charge < -0.3 is 0 Å². The highest BCUT2D eigenvalue weighted by Gasteiger charge is 2.16. The summed E-state index contributed by atoms with van der Waals surface area (Å²) in [7, 11) is 0. The van der Waals surface area contributed by atoms with E-state index < -0.39 is 0 Å². The van der Waals surface area contributed by atoms with Crippen LogP contribution >= 0.6 is 11.8 Å². The van der Waals surface area contributed by atoms with Crippen molar-refractivity contribution in [2.75, 3.05) is 5.75 Å². The van der Waals surface area contributed by atoms with Crippen LogP contribution in [-0.4, -0.2) is 5.75 Å². The molecule has 1 aliphatic carbocycles. The van der Waals surface area contributed by atoms with E-state index in [2.05, 4.69) is 12.7 Å². The van der Waals surface area contributed by atoms with Gasteiger partial charge in [0.25, 0.3) is 0 Å². The Labute approximate surface area is 56.0 Å². The fourth-order valence-electron chi connectivity index (χ4n) is 0.808. The maximum atomic E-state index is 2.41. The minimum atomic E-state index is 0.972. The van der Waals surface area contributed by atoms with Gasteiger partial charge in [0.15, 0.2) is 0 Å². The quantitative estimate of drug-likeness (QED) is 0.564. The van der Waals surface area contributed by atoms with Gasteiger partial charge in [0.2, 0.25) is 0 Å². The molecule has 1 radical (unpaired) electrons. The second kappa shape index (κ2) is 3.39. The van der Waals surface area contributed by atoms with Crippen molar-refractivity contribution in [3.63, 3.8) is 0 Å². The molecule has 1 heteroatoms. The van der Waals surface area contributed by atoms with Crippen LogP contribution in [0.15, 0.2) is 0 Å². The average molecular weight is 129 g/mol. The van der Waals surface area contributed by atoms with Crippen molar-refractivity contribution in [2.45, 2.75) is 26.2 Å². The van der Waals surface area contributed by atoms with Crippen LogP contribution in [-0.2, 0) is 0 Å². The molecule has 0 saturated heterocycles. The second-order valence-corrected chi connectivity index (χ2v) is 3.47. The number of hydrogen-bond acceptors (Lipinski definition) is 1. The summed E-state index contributed by atoms with van der Waals surface area (Å²) in [6, 6.07) is 0. The van der Waals surface area contributed by atoms with Gasteiger partial charge in [-0.2, -0.15) is 11.8 Å².